The quantitative estimate of drug-likeness (QED) is 0.902. The summed E-state index contributed by atoms with van der Waals surface area (Å²) in [7, 11) is 1.60. The molecule has 24 heavy (non-hydrogen) atoms. The van der Waals surface area contributed by atoms with Crippen molar-refractivity contribution in [2.75, 3.05) is 12.4 Å². The molecule has 0 saturated heterocycles. The Morgan fingerprint density at radius 2 is 1.83 bits per heavy atom. The fourth-order valence-electron chi connectivity index (χ4n) is 2.86. The number of ether oxygens (including phenoxy) is 1. The van der Waals surface area contributed by atoms with E-state index >= 15 is 0 Å². The summed E-state index contributed by atoms with van der Waals surface area (Å²) in [5, 5.41) is 2.90. The summed E-state index contributed by atoms with van der Waals surface area (Å²) in [6.07, 6.45) is 2.47. The van der Waals surface area contributed by atoms with Gasteiger partial charge in [-0.05, 0) is 42.2 Å². The summed E-state index contributed by atoms with van der Waals surface area (Å²) in [5.41, 5.74) is 1.81. The minimum absolute atomic E-state index is 0.0133. The van der Waals surface area contributed by atoms with E-state index in [2.05, 4.69) is 5.32 Å². The highest BCUT2D eigenvalue weighted by atomic mass is 19.1. The highest BCUT2D eigenvalue weighted by Gasteiger charge is 2.23. The van der Waals surface area contributed by atoms with Crippen molar-refractivity contribution in [1.29, 1.82) is 0 Å². The second-order valence-electron chi connectivity index (χ2n) is 5.76. The minimum Gasteiger partial charge on any atom is -0.497 e. The predicted octanol–water partition coefficient (Wildman–Crippen LogP) is 4.42. The largest absolute Gasteiger partial charge is 0.497 e. The molecule has 2 aromatic carbocycles. The van der Waals surface area contributed by atoms with Crippen molar-refractivity contribution < 1.29 is 18.3 Å². The Bertz CT molecular complexity index is 784. The van der Waals surface area contributed by atoms with Crippen molar-refractivity contribution in [1.82, 2.24) is 0 Å². The Balaban J connectivity index is 1.78. The summed E-state index contributed by atoms with van der Waals surface area (Å²) >= 11 is 0. The van der Waals surface area contributed by atoms with Crippen molar-refractivity contribution in [3.05, 3.63) is 71.4 Å². The molecule has 0 bridgehead atoms. The van der Waals surface area contributed by atoms with Crippen LogP contribution in [0.4, 0.5) is 14.5 Å². The van der Waals surface area contributed by atoms with E-state index in [1.54, 1.807) is 7.11 Å². The molecule has 1 aliphatic rings. The molecule has 124 valence electrons. The maximum atomic E-state index is 13.8. The fourth-order valence-corrected chi connectivity index (χ4v) is 2.86. The van der Waals surface area contributed by atoms with E-state index in [4.69, 9.17) is 4.74 Å². The van der Waals surface area contributed by atoms with Crippen LogP contribution in [0.25, 0.3) is 0 Å². The van der Waals surface area contributed by atoms with Crippen LogP contribution in [0.15, 0.2) is 54.2 Å². The third-order valence-corrected chi connectivity index (χ3v) is 4.06. The standard InChI is InChI=1S/C19H17F2NO2/c1-24-17-5-2-12(3-6-17)13-8-15(11-16(23)9-13)22-19-7-4-14(20)10-18(19)21/h2-7,10-11,13,22H,8-9H2,1H3/t13-/m1/s1. The van der Waals surface area contributed by atoms with Gasteiger partial charge in [-0.2, -0.15) is 0 Å². The molecule has 5 heteroatoms. The molecule has 0 aromatic heterocycles. The molecule has 0 amide bonds. The Kier molecular flexibility index (Phi) is 4.60. The van der Waals surface area contributed by atoms with Gasteiger partial charge in [0.05, 0.1) is 12.8 Å². The van der Waals surface area contributed by atoms with Crippen LogP contribution in [-0.4, -0.2) is 12.9 Å². The van der Waals surface area contributed by atoms with Crippen LogP contribution in [-0.2, 0) is 4.79 Å². The number of hydrogen-bond acceptors (Lipinski definition) is 3. The third kappa shape index (κ3) is 3.62. The molecule has 0 saturated carbocycles. The smallest absolute Gasteiger partial charge is 0.158 e. The van der Waals surface area contributed by atoms with E-state index in [0.717, 1.165) is 17.4 Å². The highest BCUT2D eigenvalue weighted by Crippen LogP contribution is 2.33. The second kappa shape index (κ2) is 6.83. The Morgan fingerprint density at radius 1 is 1.08 bits per heavy atom. The number of hydrogen-bond donors (Lipinski definition) is 1. The van der Waals surface area contributed by atoms with Gasteiger partial charge in [0.1, 0.15) is 17.4 Å². The van der Waals surface area contributed by atoms with Crippen LogP contribution in [0.2, 0.25) is 0 Å². The zero-order valence-electron chi connectivity index (χ0n) is 13.2. The molecule has 1 atom stereocenters. The molecule has 0 radical (unpaired) electrons. The summed E-state index contributed by atoms with van der Waals surface area (Å²) in [4.78, 5) is 12.0. The summed E-state index contributed by atoms with van der Waals surface area (Å²) in [6, 6.07) is 10.9. The number of nitrogens with one attached hydrogen (secondary N) is 1. The number of ketones is 1. The molecule has 2 aromatic rings. The number of halogens is 2. The molecular formula is C19H17F2NO2. The van der Waals surface area contributed by atoms with Crippen LogP contribution in [0, 0.1) is 11.6 Å². The number of carbonyl (C=O) groups is 1. The molecule has 3 rings (SSSR count). The minimum atomic E-state index is -0.685. The fraction of sp³-hybridized carbons (Fsp3) is 0.211. The van der Waals surface area contributed by atoms with Crippen molar-refractivity contribution >= 4 is 11.5 Å². The molecule has 1 aliphatic carbocycles. The highest BCUT2D eigenvalue weighted by molar-refractivity contribution is 5.92. The molecule has 0 aliphatic heterocycles. The average Bonchev–Trinajstić information content (AvgIpc) is 2.57. The SMILES string of the molecule is COc1ccc([C@H]2CC(=O)C=C(Nc3ccc(F)cc3F)C2)cc1. The van der Waals surface area contributed by atoms with Gasteiger partial charge in [0.15, 0.2) is 5.78 Å². The summed E-state index contributed by atoms with van der Waals surface area (Å²) in [5.74, 6) is -0.576. The summed E-state index contributed by atoms with van der Waals surface area (Å²) < 4.78 is 31.9. The van der Waals surface area contributed by atoms with Crippen LogP contribution in [0.5, 0.6) is 5.75 Å². The molecule has 3 nitrogen and oxygen atoms in total. The van der Waals surface area contributed by atoms with Crippen molar-refractivity contribution in [2.24, 2.45) is 0 Å². The van der Waals surface area contributed by atoms with Crippen LogP contribution < -0.4 is 10.1 Å². The first-order chi connectivity index (χ1) is 11.5. The topological polar surface area (TPSA) is 38.3 Å². The zero-order chi connectivity index (χ0) is 17.1. The van der Waals surface area contributed by atoms with Crippen LogP contribution in [0.1, 0.15) is 24.3 Å². The van der Waals surface area contributed by atoms with Gasteiger partial charge in [0.25, 0.3) is 0 Å². The van der Waals surface area contributed by atoms with E-state index in [-0.39, 0.29) is 17.4 Å². The van der Waals surface area contributed by atoms with E-state index in [9.17, 15) is 13.6 Å². The average molecular weight is 329 g/mol. The monoisotopic (exact) mass is 329 g/mol. The van der Waals surface area contributed by atoms with Gasteiger partial charge in [-0.3, -0.25) is 4.79 Å². The number of carbonyl (C=O) groups excluding carboxylic acids is 1. The molecule has 0 spiro atoms. The van der Waals surface area contributed by atoms with Crippen molar-refractivity contribution in [3.8, 4) is 5.75 Å². The van der Waals surface area contributed by atoms with Gasteiger partial charge in [-0.1, -0.05) is 12.1 Å². The first-order valence-electron chi connectivity index (χ1n) is 7.64. The molecule has 0 unspecified atom stereocenters. The normalized spacial score (nSPS) is 17.4. The number of benzene rings is 2. The number of allylic oxidation sites excluding steroid dienone is 2. The van der Waals surface area contributed by atoms with E-state index in [1.165, 1.54) is 18.2 Å². The lowest BCUT2D eigenvalue weighted by Gasteiger charge is -2.23. The van der Waals surface area contributed by atoms with Gasteiger partial charge in [0.2, 0.25) is 0 Å². The summed E-state index contributed by atoms with van der Waals surface area (Å²) in [6.45, 7) is 0. The first kappa shape index (κ1) is 16.2. The van der Waals surface area contributed by atoms with Gasteiger partial charge in [0, 0.05) is 24.3 Å². The Morgan fingerprint density at radius 3 is 2.50 bits per heavy atom. The number of methoxy groups -OCH3 is 1. The van der Waals surface area contributed by atoms with Gasteiger partial charge in [-0.15, -0.1) is 0 Å². The molecule has 1 N–H and O–H groups in total. The van der Waals surface area contributed by atoms with E-state index in [0.29, 0.717) is 18.5 Å². The van der Waals surface area contributed by atoms with Crippen molar-refractivity contribution in [3.63, 3.8) is 0 Å². The Hall–Kier alpha value is -2.69. The molecule has 0 heterocycles. The van der Waals surface area contributed by atoms with Gasteiger partial charge in [-0.25, -0.2) is 8.78 Å². The third-order valence-electron chi connectivity index (χ3n) is 4.06. The van der Waals surface area contributed by atoms with Crippen LogP contribution >= 0.6 is 0 Å². The lowest BCUT2D eigenvalue weighted by molar-refractivity contribution is -0.115. The number of anilines is 1. The maximum absolute atomic E-state index is 13.8. The molecule has 0 fully saturated rings. The predicted molar refractivity (Wildman–Crippen MR) is 88.0 cm³/mol. The van der Waals surface area contributed by atoms with E-state index in [1.807, 2.05) is 24.3 Å². The maximum Gasteiger partial charge on any atom is 0.158 e. The van der Waals surface area contributed by atoms with Gasteiger partial charge >= 0.3 is 0 Å². The molecular weight excluding hydrogens is 312 g/mol. The Labute approximate surface area is 139 Å². The zero-order valence-corrected chi connectivity index (χ0v) is 13.2. The van der Waals surface area contributed by atoms with Crippen molar-refractivity contribution in [2.45, 2.75) is 18.8 Å². The number of rotatable bonds is 4. The van der Waals surface area contributed by atoms with E-state index < -0.39 is 11.6 Å². The lowest BCUT2D eigenvalue weighted by atomic mass is 9.85. The van der Waals surface area contributed by atoms with Gasteiger partial charge < -0.3 is 10.1 Å². The lowest BCUT2D eigenvalue weighted by Crippen LogP contribution is -2.17. The second-order valence-corrected chi connectivity index (χ2v) is 5.76. The first-order valence-corrected chi connectivity index (χ1v) is 7.64. The van der Waals surface area contributed by atoms with Crippen LogP contribution in [0.3, 0.4) is 0 Å².